The summed E-state index contributed by atoms with van der Waals surface area (Å²) < 4.78 is 5.10. The van der Waals surface area contributed by atoms with Crippen LogP contribution < -0.4 is 0 Å². The van der Waals surface area contributed by atoms with E-state index in [4.69, 9.17) is 4.74 Å². The van der Waals surface area contributed by atoms with Gasteiger partial charge < -0.3 is 9.84 Å². The summed E-state index contributed by atoms with van der Waals surface area (Å²) in [5, 5.41) is 10.1. The van der Waals surface area contributed by atoms with Crippen LogP contribution in [0, 0.1) is 5.41 Å². The predicted molar refractivity (Wildman–Crippen MR) is 84.0 cm³/mol. The first-order chi connectivity index (χ1) is 10.4. The molecule has 4 nitrogen and oxygen atoms in total. The number of ether oxygens (including phenoxy) is 1. The highest BCUT2D eigenvalue weighted by Gasteiger charge is 2.43. The average Bonchev–Trinajstić information content (AvgIpc) is 2.50. The maximum absolute atomic E-state index is 12.5. The zero-order valence-corrected chi connectivity index (χ0v) is 12.8. The van der Waals surface area contributed by atoms with Crippen molar-refractivity contribution in [3.63, 3.8) is 0 Å². The smallest absolute Gasteiger partial charge is 0.196 e. The van der Waals surface area contributed by atoms with Gasteiger partial charge in [-0.25, -0.2) is 0 Å². The Kier molecular flexibility index (Phi) is 4.31. The van der Waals surface area contributed by atoms with Gasteiger partial charge in [0, 0.05) is 6.08 Å². The zero-order chi connectivity index (χ0) is 16.3. The molecule has 0 saturated carbocycles. The summed E-state index contributed by atoms with van der Waals surface area (Å²) in [6.45, 7) is 3.32. The van der Waals surface area contributed by atoms with Crippen LogP contribution in [-0.4, -0.2) is 23.8 Å². The first-order valence-corrected chi connectivity index (χ1v) is 6.89. The van der Waals surface area contributed by atoms with E-state index >= 15 is 0 Å². The van der Waals surface area contributed by atoms with Crippen LogP contribution >= 0.6 is 0 Å². The Hall–Kier alpha value is -2.62. The topological polar surface area (TPSA) is 63.6 Å². The van der Waals surface area contributed by atoms with Crippen LogP contribution in [-0.2, 0) is 14.3 Å². The van der Waals surface area contributed by atoms with Crippen molar-refractivity contribution in [2.45, 2.75) is 13.8 Å². The summed E-state index contributed by atoms with van der Waals surface area (Å²) in [5.41, 5.74) is -0.331. The summed E-state index contributed by atoms with van der Waals surface area (Å²) in [7, 11) is 1.41. The van der Waals surface area contributed by atoms with Crippen LogP contribution in [0.5, 0.6) is 0 Å². The van der Waals surface area contributed by atoms with Crippen LogP contribution in [0.25, 0.3) is 6.08 Å². The molecule has 0 amide bonds. The number of Topliss-reactive ketones (excluding diaryl/α,β-unsaturated/α-hetero) is 1. The van der Waals surface area contributed by atoms with Crippen molar-refractivity contribution in [1.29, 1.82) is 0 Å². The van der Waals surface area contributed by atoms with Crippen molar-refractivity contribution in [3.05, 3.63) is 65.1 Å². The molecule has 1 aliphatic rings. The van der Waals surface area contributed by atoms with E-state index < -0.39 is 17.0 Å². The van der Waals surface area contributed by atoms with Crippen LogP contribution in [0.2, 0.25) is 0 Å². The fraction of sp³-hybridized carbons (Fsp3) is 0.222. The van der Waals surface area contributed by atoms with Crippen molar-refractivity contribution in [2.24, 2.45) is 5.41 Å². The number of hydrogen-bond donors (Lipinski definition) is 1. The third-order valence-corrected chi connectivity index (χ3v) is 3.63. The normalized spacial score (nSPS) is 20.0. The third kappa shape index (κ3) is 2.86. The van der Waals surface area contributed by atoms with Gasteiger partial charge in [-0.1, -0.05) is 36.4 Å². The number of aliphatic hydroxyl groups excluding tert-OH is 1. The Morgan fingerprint density at radius 1 is 1.18 bits per heavy atom. The van der Waals surface area contributed by atoms with Crippen molar-refractivity contribution >= 4 is 17.6 Å². The second kappa shape index (κ2) is 6.02. The number of rotatable bonds is 3. The third-order valence-electron chi connectivity index (χ3n) is 3.63. The van der Waals surface area contributed by atoms with Gasteiger partial charge in [-0.2, -0.15) is 0 Å². The van der Waals surface area contributed by atoms with Crippen molar-refractivity contribution in [1.82, 2.24) is 0 Å². The van der Waals surface area contributed by atoms with Gasteiger partial charge in [-0.3, -0.25) is 9.59 Å². The highest BCUT2D eigenvalue weighted by Crippen LogP contribution is 2.36. The van der Waals surface area contributed by atoms with E-state index in [1.165, 1.54) is 19.3 Å². The minimum Gasteiger partial charge on any atom is -0.507 e. The number of carbonyl (C=O) groups excluding carboxylic acids is 2. The molecule has 1 aromatic rings. The summed E-state index contributed by atoms with van der Waals surface area (Å²) in [6, 6.07) is 9.30. The lowest BCUT2D eigenvalue weighted by molar-refractivity contribution is -0.127. The lowest BCUT2D eigenvalue weighted by Gasteiger charge is -2.29. The Balaban J connectivity index is 2.42. The first-order valence-electron chi connectivity index (χ1n) is 6.89. The standard InChI is InChI=1S/C18H18O4/c1-18(2)15(22-3)11-14(20)16(17(18)21)13(19)10-9-12-7-5-4-6-8-12/h4-11,19H,1-3H3/b10-9?,16-13+. The molecule has 1 N–H and O–H groups in total. The van der Waals surface area contributed by atoms with Gasteiger partial charge in [0.25, 0.3) is 0 Å². The summed E-state index contributed by atoms with van der Waals surface area (Å²) in [5.74, 6) is -1.03. The Labute approximate surface area is 129 Å². The fourth-order valence-corrected chi connectivity index (χ4v) is 2.29. The molecule has 0 unspecified atom stereocenters. The molecule has 22 heavy (non-hydrogen) atoms. The molecule has 4 heteroatoms. The van der Waals surface area contributed by atoms with E-state index in [9.17, 15) is 14.7 Å². The average molecular weight is 298 g/mol. The molecule has 0 fully saturated rings. The van der Waals surface area contributed by atoms with Gasteiger partial charge in [-0.15, -0.1) is 0 Å². The highest BCUT2D eigenvalue weighted by atomic mass is 16.5. The van der Waals surface area contributed by atoms with Crippen molar-refractivity contribution in [3.8, 4) is 0 Å². The van der Waals surface area contributed by atoms with E-state index in [-0.39, 0.29) is 11.3 Å². The Morgan fingerprint density at radius 2 is 1.82 bits per heavy atom. The van der Waals surface area contributed by atoms with E-state index in [1.54, 1.807) is 19.9 Å². The van der Waals surface area contributed by atoms with Crippen molar-refractivity contribution < 1.29 is 19.4 Å². The van der Waals surface area contributed by atoms with E-state index in [1.807, 2.05) is 30.3 Å². The first kappa shape index (κ1) is 15.8. The number of allylic oxidation sites excluding steroid dienone is 4. The molecule has 0 bridgehead atoms. The zero-order valence-electron chi connectivity index (χ0n) is 12.8. The highest BCUT2D eigenvalue weighted by molar-refractivity contribution is 6.29. The van der Waals surface area contributed by atoms with Gasteiger partial charge in [-0.05, 0) is 25.5 Å². The molecule has 2 rings (SSSR count). The quantitative estimate of drug-likeness (QED) is 0.528. The second-order valence-corrected chi connectivity index (χ2v) is 5.54. The number of methoxy groups -OCH3 is 1. The van der Waals surface area contributed by atoms with Gasteiger partial charge in [0.05, 0.1) is 12.5 Å². The van der Waals surface area contributed by atoms with Gasteiger partial charge in [0.2, 0.25) is 0 Å². The van der Waals surface area contributed by atoms with E-state index in [0.29, 0.717) is 5.76 Å². The monoisotopic (exact) mass is 298 g/mol. The molecule has 1 aliphatic carbocycles. The number of benzene rings is 1. The SMILES string of the molecule is COC1=CC(=O)/C(=C(\O)C=Cc2ccccc2)C(=O)C1(C)C. The number of hydrogen-bond acceptors (Lipinski definition) is 4. The Bertz CT molecular complexity index is 691. The molecule has 1 aromatic carbocycles. The number of carbonyl (C=O) groups is 2. The number of aliphatic hydroxyl groups is 1. The molecular weight excluding hydrogens is 280 g/mol. The molecule has 0 spiro atoms. The molecule has 0 saturated heterocycles. The minimum atomic E-state index is -0.980. The summed E-state index contributed by atoms with van der Waals surface area (Å²) in [4.78, 5) is 24.6. The second-order valence-electron chi connectivity index (χ2n) is 5.54. The van der Waals surface area contributed by atoms with Gasteiger partial charge >= 0.3 is 0 Å². The summed E-state index contributed by atoms with van der Waals surface area (Å²) >= 11 is 0. The fourth-order valence-electron chi connectivity index (χ4n) is 2.29. The summed E-state index contributed by atoms with van der Waals surface area (Å²) in [6.07, 6.45) is 4.26. The largest absolute Gasteiger partial charge is 0.507 e. The molecular formula is C18H18O4. The van der Waals surface area contributed by atoms with Gasteiger partial charge in [0.15, 0.2) is 11.6 Å². The minimum absolute atomic E-state index is 0.210. The molecule has 0 aliphatic heterocycles. The van der Waals surface area contributed by atoms with E-state index in [0.717, 1.165) is 5.56 Å². The van der Waals surface area contributed by atoms with Crippen LogP contribution in [0.15, 0.2) is 59.6 Å². The number of ketones is 2. The lowest BCUT2D eigenvalue weighted by Crippen LogP contribution is -2.36. The molecule has 0 atom stereocenters. The van der Waals surface area contributed by atoms with Crippen LogP contribution in [0.4, 0.5) is 0 Å². The molecule has 0 radical (unpaired) electrons. The van der Waals surface area contributed by atoms with Crippen molar-refractivity contribution in [2.75, 3.05) is 7.11 Å². The predicted octanol–water partition coefficient (Wildman–Crippen LogP) is 3.22. The maximum atomic E-state index is 12.5. The van der Waals surface area contributed by atoms with E-state index in [2.05, 4.69) is 0 Å². The van der Waals surface area contributed by atoms with Gasteiger partial charge in [0.1, 0.15) is 17.1 Å². The maximum Gasteiger partial charge on any atom is 0.196 e. The van der Waals surface area contributed by atoms with Crippen LogP contribution in [0.1, 0.15) is 19.4 Å². The molecule has 114 valence electrons. The Morgan fingerprint density at radius 3 is 2.41 bits per heavy atom. The lowest BCUT2D eigenvalue weighted by atomic mass is 9.76. The molecule has 0 heterocycles. The molecule has 0 aromatic heterocycles. The van der Waals surface area contributed by atoms with Crippen LogP contribution in [0.3, 0.4) is 0 Å².